The van der Waals surface area contributed by atoms with Crippen LogP contribution in [-0.4, -0.2) is 36.0 Å². The zero-order chi connectivity index (χ0) is 12.3. The highest BCUT2D eigenvalue weighted by atomic mass is 32.2. The van der Waals surface area contributed by atoms with Crippen LogP contribution in [0.1, 0.15) is 25.5 Å². The number of methoxy groups -OCH3 is 1. The van der Waals surface area contributed by atoms with Crippen molar-refractivity contribution in [2.75, 3.05) is 31.3 Å². The normalized spacial score (nSPS) is 10.5. The van der Waals surface area contributed by atoms with E-state index in [-0.39, 0.29) is 0 Å². The van der Waals surface area contributed by atoms with Gasteiger partial charge in [-0.1, -0.05) is 6.92 Å². The molecule has 1 heterocycles. The topological polar surface area (TPSA) is 47.0 Å². The lowest BCUT2D eigenvalue weighted by molar-refractivity contribution is 0.200. The van der Waals surface area contributed by atoms with Crippen LogP contribution in [0.3, 0.4) is 0 Å². The number of nitrogens with one attached hydrogen (secondary N) is 1. The van der Waals surface area contributed by atoms with Gasteiger partial charge in [-0.25, -0.2) is 4.98 Å². The van der Waals surface area contributed by atoms with Crippen LogP contribution in [-0.2, 0) is 10.5 Å². The molecule has 1 N–H and O–H groups in total. The van der Waals surface area contributed by atoms with E-state index in [1.807, 2.05) is 18.0 Å². The molecule has 0 fully saturated rings. The van der Waals surface area contributed by atoms with Crippen molar-refractivity contribution in [2.45, 2.75) is 25.5 Å². The second kappa shape index (κ2) is 9.24. The van der Waals surface area contributed by atoms with E-state index in [9.17, 15) is 0 Å². The van der Waals surface area contributed by atoms with E-state index in [4.69, 9.17) is 4.74 Å². The first-order chi connectivity index (χ1) is 8.36. The maximum atomic E-state index is 5.00. The van der Waals surface area contributed by atoms with Gasteiger partial charge in [0.1, 0.15) is 5.82 Å². The summed E-state index contributed by atoms with van der Waals surface area (Å²) in [6.07, 6.45) is 5.84. The maximum absolute atomic E-state index is 5.00. The lowest BCUT2D eigenvalue weighted by Crippen LogP contribution is -2.03. The molecule has 0 atom stereocenters. The second-order valence-electron chi connectivity index (χ2n) is 3.72. The fraction of sp³-hybridized carbons (Fsp3) is 0.667. The minimum atomic E-state index is 0.832. The summed E-state index contributed by atoms with van der Waals surface area (Å²) in [7, 11) is 1.73. The molecule has 1 aromatic rings. The molecule has 1 rings (SSSR count). The Kier molecular flexibility index (Phi) is 7.75. The summed E-state index contributed by atoms with van der Waals surface area (Å²) in [5.74, 6) is 2.89. The van der Waals surface area contributed by atoms with Gasteiger partial charge in [0.25, 0.3) is 0 Å². The summed E-state index contributed by atoms with van der Waals surface area (Å²) in [5, 5.41) is 3.21. The van der Waals surface area contributed by atoms with E-state index in [1.54, 1.807) is 13.3 Å². The molecule has 5 heteroatoms. The Hall–Kier alpha value is -0.810. The average molecular weight is 255 g/mol. The van der Waals surface area contributed by atoms with Crippen LogP contribution >= 0.6 is 11.8 Å². The number of hydrogen-bond acceptors (Lipinski definition) is 5. The fourth-order valence-electron chi connectivity index (χ4n) is 1.26. The zero-order valence-corrected chi connectivity index (χ0v) is 11.4. The SMILES string of the molecule is CCCNc1cnc(CSCCCOC)cn1. The van der Waals surface area contributed by atoms with Crippen LogP contribution in [0, 0.1) is 0 Å². The van der Waals surface area contributed by atoms with Crippen molar-refractivity contribution in [2.24, 2.45) is 0 Å². The quantitative estimate of drug-likeness (QED) is 0.687. The molecule has 96 valence electrons. The number of hydrogen-bond donors (Lipinski definition) is 1. The molecule has 0 spiro atoms. The second-order valence-corrected chi connectivity index (χ2v) is 4.82. The number of aromatic nitrogens is 2. The summed E-state index contributed by atoms with van der Waals surface area (Å²) < 4.78 is 5.00. The average Bonchev–Trinajstić information content (AvgIpc) is 2.37. The maximum Gasteiger partial charge on any atom is 0.144 e. The summed E-state index contributed by atoms with van der Waals surface area (Å²) in [6.45, 7) is 3.91. The molecule has 0 aliphatic heterocycles. The van der Waals surface area contributed by atoms with Crippen molar-refractivity contribution < 1.29 is 4.74 Å². The number of ether oxygens (including phenoxy) is 1. The van der Waals surface area contributed by atoms with Crippen LogP contribution in [0.25, 0.3) is 0 Å². The number of nitrogens with zero attached hydrogens (tertiary/aromatic N) is 2. The Morgan fingerprint density at radius 3 is 2.88 bits per heavy atom. The van der Waals surface area contributed by atoms with Gasteiger partial charge in [-0.2, -0.15) is 11.8 Å². The van der Waals surface area contributed by atoms with Crippen LogP contribution in [0.2, 0.25) is 0 Å². The van der Waals surface area contributed by atoms with E-state index in [2.05, 4.69) is 22.2 Å². The molecular weight excluding hydrogens is 234 g/mol. The first-order valence-electron chi connectivity index (χ1n) is 5.98. The van der Waals surface area contributed by atoms with Gasteiger partial charge < -0.3 is 10.1 Å². The van der Waals surface area contributed by atoms with Crippen molar-refractivity contribution in [1.82, 2.24) is 9.97 Å². The third kappa shape index (κ3) is 6.48. The molecule has 17 heavy (non-hydrogen) atoms. The van der Waals surface area contributed by atoms with E-state index >= 15 is 0 Å². The van der Waals surface area contributed by atoms with Gasteiger partial charge in [0.15, 0.2) is 0 Å². The highest BCUT2D eigenvalue weighted by Crippen LogP contribution is 2.11. The number of anilines is 1. The standard InChI is InChI=1S/C12H21N3OS/c1-3-5-13-12-9-14-11(8-15-12)10-17-7-4-6-16-2/h8-9H,3-7,10H2,1-2H3,(H,13,15). The summed E-state index contributed by atoms with van der Waals surface area (Å²) in [6, 6.07) is 0. The smallest absolute Gasteiger partial charge is 0.144 e. The molecule has 0 saturated heterocycles. The van der Waals surface area contributed by atoms with Gasteiger partial charge in [0.2, 0.25) is 0 Å². The Morgan fingerprint density at radius 2 is 2.24 bits per heavy atom. The fourth-order valence-corrected chi connectivity index (χ4v) is 2.08. The predicted molar refractivity (Wildman–Crippen MR) is 73.5 cm³/mol. The minimum absolute atomic E-state index is 0.832. The Bertz CT molecular complexity index is 292. The molecule has 0 bridgehead atoms. The van der Waals surface area contributed by atoms with Crippen molar-refractivity contribution in [3.05, 3.63) is 18.1 Å². The molecule has 0 saturated carbocycles. The molecule has 4 nitrogen and oxygen atoms in total. The summed E-state index contributed by atoms with van der Waals surface area (Å²) >= 11 is 1.87. The Morgan fingerprint density at radius 1 is 1.35 bits per heavy atom. The highest BCUT2D eigenvalue weighted by molar-refractivity contribution is 7.98. The highest BCUT2D eigenvalue weighted by Gasteiger charge is 1.97. The van der Waals surface area contributed by atoms with Gasteiger partial charge in [-0.05, 0) is 18.6 Å². The third-order valence-corrected chi connectivity index (χ3v) is 3.23. The first kappa shape index (κ1) is 14.3. The van der Waals surface area contributed by atoms with Crippen molar-refractivity contribution in [1.29, 1.82) is 0 Å². The molecule has 0 aliphatic carbocycles. The first-order valence-corrected chi connectivity index (χ1v) is 7.13. The molecule has 0 unspecified atom stereocenters. The van der Waals surface area contributed by atoms with Gasteiger partial charge in [0, 0.05) is 26.0 Å². The lowest BCUT2D eigenvalue weighted by atomic mass is 10.4. The Labute approximate surface area is 108 Å². The number of thioether (sulfide) groups is 1. The summed E-state index contributed by atoms with van der Waals surface area (Å²) in [4.78, 5) is 8.69. The molecular formula is C12H21N3OS. The molecule has 1 aromatic heterocycles. The van der Waals surface area contributed by atoms with E-state index in [1.165, 1.54) is 0 Å². The van der Waals surface area contributed by atoms with Gasteiger partial charge >= 0.3 is 0 Å². The van der Waals surface area contributed by atoms with Crippen molar-refractivity contribution >= 4 is 17.6 Å². The van der Waals surface area contributed by atoms with E-state index in [0.717, 1.165) is 49.0 Å². The van der Waals surface area contributed by atoms with Gasteiger partial charge in [-0.3, -0.25) is 4.98 Å². The largest absolute Gasteiger partial charge is 0.385 e. The third-order valence-electron chi connectivity index (χ3n) is 2.15. The molecule has 0 aromatic carbocycles. The van der Waals surface area contributed by atoms with Crippen LogP contribution in [0.4, 0.5) is 5.82 Å². The van der Waals surface area contributed by atoms with Crippen molar-refractivity contribution in [3.63, 3.8) is 0 Å². The van der Waals surface area contributed by atoms with E-state index < -0.39 is 0 Å². The molecule has 0 aliphatic rings. The van der Waals surface area contributed by atoms with Gasteiger partial charge in [-0.15, -0.1) is 0 Å². The van der Waals surface area contributed by atoms with E-state index in [0.29, 0.717) is 0 Å². The Balaban J connectivity index is 2.20. The minimum Gasteiger partial charge on any atom is -0.385 e. The predicted octanol–water partition coefficient (Wildman–Crippen LogP) is 2.57. The zero-order valence-electron chi connectivity index (χ0n) is 10.6. The lowest BCUT2D eigenvalue weighted by Gasteiger charge is -2.04. The van der Waals surface area contributed by atoms with Crippen LogP contribution in [0.15, 0.2) is 12.4 Å². The molecule has 0 radical (unpaired) electrons. The van der Waals surface area contributed by atoms with Crippen LogP contribution in [0.5, 0.6) is 0 Å². The van der Waals surface area contributed by atoms with Gasteiger partial charge in [0.05, 0.1) is 18.1 Å². The monoisotopic (exact) mass is 255 g/mol. The van der Waals surface area contributed by atoms with Crippen LogP contribution < -0.4 is 5.32 Å². The molecule has 0 amide bonds. The number of rotatable bonds is 9. The van der Waals surface area contributed by atoms with Crippen molar-refractivity contribution in [3.8, 4) is 0 Å². The summed E-state index contributed by atoms with van der Waals surface area (Å²) in [5.41, 5.74) is 1.04.